The molecule has 9 heteroatoms. The molecule has 0 aromatic heterocycles. The van der Waals surface area contributed by atoms with Crippen LogP contribution in [0, 0.1) is 0 Å². The standard InChI is InChI=1S/C19H18F3NO5/c1-18(17(24)25)11-23(10-12-3-5-13(26-2)6-4-12)15-9-14(27-19(20,21)22)7-8-16(15)28-18/h3-9H,10-11H2,1-2H3,(H,24,25). The van der Waals surface area contributed by atoms with Gasteiger partial charge in [-0.05, 0) is 36.8 Å². The van der Waals surface area contributed by atoms with Crippen LogP contribution in [0.15, 0.2) is 42.5 Å². The molecule has 0 fully saturated rings. The first-order chi connectivity index (χ1) is 13.1. The molecule has 0 radical (unpaired) electrons. The summed E-state index contributed by atoms with van der Waals surface area (Å²) in [5.74, 6) is -0.761. The van der Waals surface area contributed by atoms with Crippen molar-refractivity contribution in [2.45, 2.75) is 25.4 Å². The molecule has 1 aliphatic rings. The molecular formula is C19H18F3NO5. The Labute approximate surface area is 159 Å². The zero-order valence-corrected chi connectivity index (χ0v) is 15.1. The van der Waals surface area contributed by atoms with E-state index in [0.29, 0.717) is 11.4 Å². The number of fused-ring (bicyclic) bond motifs is 1. The molecular weight excluding hydrogens is 379 g/mol. The lowest BCUT2D eigenvalue weighted by atomic mass is 10.0. The summed E-state index contributed by atoms with van der Waals surface area (Å²) in [6.45, 7) is 1.62. The average molecular weight is 397 g/mol. The zero-order chi connectivity index (χ0) is 20.5. The van der Waals surface area contributed by atoms with Gasteiger partial charge >= 0.3 is 12.3 Å². The van der Waals surface area contributed by atoms with Crippen LogP contribution in [0.5, 0.6) is 17.2 Å². The van der Waals surface area contributed by atoms with Gasteiger partial charge in [0.2, 0.25) is 5.60 Å². The van der Waals surface area contributed by atoms with Crippen molar-refractivity contribution in [3.05, 3.63) is 48.0 Å². The van der Waals surface area contributed by atoms with E-state index in [1.54, 1.807) is 29.2 Å². The molecule has 0 aliphatic carbocycles. The molecule has 28 heavy (non-hydrogen) atoms. The van der Waals surface area contributed by atoms with Crippen molar-refractivity contribution in [3.8, 4) is 17.2 Å². The van der Waals surface area contributed by atoms with Crippen LogP contribution in [0.4, 0.5) is 18.9 Å². The van der Waals surface area contributed by atoms with Crippen LogP contribution in [0.2, 0.25) is 0 Å². The number of rotatable bonds is 5. The van der Waals surface area contributed by atoms with E-state index in [-0.39, 0.29) is 18.8 Å². The molecule has 0 saturated carbocycles. The van der Waals surface area contributed by atoms with E-state index in [2.05, 4.69) is 4.74 Å². The maximum atomic E-state index is 12.6. The van der Waals surface area contributed by atoms with Gasteiger partial charge < -0.3 is 24.2 Å². The average Bonchev–Trinajstić information content (AvgIpc) is 2.61. The molecule has 2 aromatic carbocycles. The molecule has 1 heterocycles. The van der Waals surface area contributed by atoms with E-state index < -0.39 is 23.7 Å². The van der Waals surface area contributed by atoms with Gasteiger partial charge in [0.25, 0.3) is 0 Å². The van der Waals surface area contributed by atoms with Crippen LogP contribution in [-0.4, -0.2) is 36.7 Å². The van der Waals surface area contributed by atoms with Gasteiger partial charge in [0.15, 0.2) is 0 Å². The lowest BCUT2D eigenvalue weighted by Crippen LogP contribution is -2.54. The van der Waals surface area contributed by atoms with Gasteiger partial charge in [0, 0.05) is 12.6 Å². The van der Waals surface area contributed by atoms with Crippen molar-refractivity contribution >= 4 is 11.7 Å². The summed E-state index contributed by atoms with van der Waals surface area (Å²) in [6, 6.07) is 10.6. The quantitative estimate of drug-likeness (QED) is 0.827. The molecule has 0 amide bonds. The molecule has 3 rings (SSSR count). The summed E-state index contributed by atoms with van der Waals surface area (Å²) < 4.78 is 52.3. The highest BCUT2D eigenvalue weighted by atomic mass is 19.4. The Hall–Kier alpha value is -3.10. The topological polar surface area (TPSA) is 68.2 Å². The SMILES string of the molecule is COc1ccc(CN2CC(C)(C(=O)O)Oc3ccc(OC(F)(F)F)cc32)cc1. The van der Waals surface area contributed by atoms with Crippen LogP contribution in [0.3, 0.4) is 0 Å². The van der Waals surface area contributed by atoms with E-state index >= 15 is 0 Å². The zero-order valence-electron chi connectivity index (χ0n) is 15.1. The van der Waals surface area contributed by atoms with Gasteiger partial charge in [0.1, 0.15) is 17.2 Å². The second-order valence-corrected chi connectivity index (χ2v) is 6.52. The largest absolute Gasteiger partial charge is 0.573 e. The Morgan fingerprint density at radius 1 is 1.21 bits per heavy atom. The van der Waals surface area contributed by atoms with Crippen LogP contribution < -0.4 is 19.1 Å². The summed E-state index contributed by atoms with van der Waals surface area (Å²) in [4.78, 5) is 13.3. The summed E-state index contributed by atoms with van der Waals surface area (Å²) in [5.41, 5.74) is -0.411. The minimum atomic E-state index is -4.83. The highest BCUT2D eigenvalue weighted by Crippen LogP contribution is 2.41. The number of carboxylic acid groups (broad SMARTS) is 1. The predicted octanol–water partition coefficient (Wildman–Crippen LogP) is 3.84. The van der Waals surface area contributed by atoms with E-state index in [0.717, 1.165) is 11.6 Å². The first-order valence-corrected chi connectivity index (χ1v) is 8.30. The number of hydrogen-bond donors (Lipinski definition) is 1. The smallest absolute Gasteiger partial charge is 0.497 e. The normalized spacial score (nSPS) is 18.8. The molecule has 0 bridgehead atoms. The summed E-state index contributed by atoms with van der Waals surface area (Å²) in [7, 11) is 1.54. The Morgan fingerprint density at radius 2 is 1.86 bits per heavy atom. The van der Waals surface area contributed by atoms with Crippen molar-refractivity contribution in [2.75, 3.05) is 18.6 Å². The van der Waals surface area contributed by atoms with Crippen LogP contribution in [-0.2, 0) is 11.3 Å². The lowest BCUT2D eigenvalue weighted by molar-refractivity contribution is -0.274. The van der Waals surface area contributed by atoms with Crippen LogP contribution >= 0.6 is 0 Å². The predicted molar refractivity (Wildman–Crippen MR) is 93.8 cm³/mol. The third-order valence-corrected chi connectivity index (χ3v) is 4.32. The van der Waals surface area contributed by atoms with Crippen molar-refractivity contribution < 1.29 is 37.3 Å². The third kappa shape index (κ3) is 4.24. The van der Waals surface area contributed by atoms with Crippen molar-refractivity contribution in [1.82, 2.24) is 0 Å². The number of ether oxygens (including phenoxy) is 3. The summed E-state index contributed by atoms with van der Waals surface area (Å²) >= 11 is 0. The van der Waals surface area contributed by atoms with Crippen LogP contribution in [0.1, 0.15) is 12.5 Å². The maximum Gasteiger partial charge on any atom is 0.573 e. The number of carbonyl (C=O) groups is 1. The van der Waals surface area contributed by atoms with E-state index in [9.17, 15) is 23.1 Å². The fourth-order valence-electron chi connectivity index (χ4n) is 2.96. The first kappa shape index (κ1) is 19.7. The summed E-state index contributed by atoms with van der Waals surface area (Å²) in [5, 5.41) is 9.54. The minimum absolute atomic E-state index is 0.0587. The van der Waals surface area contributed by atoms with Gasteiger partial charge in [-0.25, -0.2) is 4.79 Å². The minimum Gasteiger partial charge on any atom is -0.497 e. The maximum absolute atomic E-state index is 12.6. The lowest BCUT2D eigenvalue weighted by Gasteiger charge is -2.40. The molecule has 1 aliphatic heterocycles. The van der Waals surface area contributed by atoms with E-state index in [4.69, 9.17) is 9.47 Å². The van der Waals surface area contributed by atoms with Gasteiger partial charge in [-0.2, -0.15) is 0 Å². The molecule has 0 saturated heterocycles. The van der Waals surface area contributed by atoms with Gasteiger partial charge in [-0.3, -0.25) is 0 Å². The monoisotopic (exact) mass is 397 g/mol. The van der Waals surface area contributed by atoms with E-state index in [1.165, 1.54) is 26.2 Å². The second-order valence-electron chi connectivity index (χ2n) is 6.52. The first-order valence-electron chi connectivity index (χ1n) is 8.30. The Balaban J connectivity index is 1.96. The number of benzene rings is 2. The number of halogens is 3. The van der Waals surface area contributed by atoms with E-state index in [1.807, 2.05) is 0 Å². The van der Waals surface area contributed by atoms with Crippen molar-refractivity contribution in [1.29, 1.82) is 0 Å². The van der Waals surface area contributed by atoms with Crippen molar-refractivity contribution in [2.24, 2.45) is 0 Å². The van der Waals surface area contributed by atoms with Gasteiger partial charge in [-0.15, -0.1) is 13.2 Å². The molecule has 1 atom stereocenters. The number of carboxylic acids is 1. The molecule has 150 valence electrons. The van der Waals surface area contributed by atoms with Gasteiger partial charge in [-0.1, -0.05) is 12.1 Å². The van der Waals surface area contributed by atoms with Crippen LogP contribution in [0.25, 0.3) is 0 Å². The number of aliphatic carboxylic acids is 1. The fraction of sp³-hybridized carbons (Fsp3) is 0.316. The third-order valence-electron chi connectivity index (χ3n) is 4.32. The molecule has 2 aromatic rings. The number of methoxy groups -OCH3 is 1. The highest BCUT2D eigenvalue weighted by Gasteiger charge is 2.43. The fourth-order valence-corrected chi connectivity index (χ4v) is 2.96. The molecule has 6 nitrogen and oxygen atoms in total. The number of nitrogens with zero attached hydrogens (tertiary/aromatic N) is 1. The highest BCUT2D eigenvalue weighted by molar-refractivity contribution is 5.81. The number of alkyl halides is 3. The summed E-state index contributed by atoms with van der Waals surface area (Å²) in [6.07, 6.45) is -4.83. The molecule has 0 spiro atoms. The molecule has 1 N–H and O–H groups in total. The number of anilines is 1. The second kappa shape index (κ2) is 7.14. The Kier molecular flexibility index (Phi) is 5.01. The number of hydrogen-bond acceptors (Lipinski definition) is 5. The van der Waals surface area contributed by atoms with Gasteiger partial charge in [0.05, 0.1) is 19.3 Å². The molecule has 1 unspecified atom stereocenters. The Bertz CT molecular complexity index is 869. The Morgan fingerprint density at radius 3 is 2.43 bits per heavy atom. The van der Waals surface area contributed by atoms with Crippen molar-refractivity contribution in [3.63, 3.8) is 0 Å².